The lowest BCUT2D eigenvalue weighted by Crippen LogP contribution is -2.25. The molecule has 5 rings (SSSR count). The van der Waals surface area contributed by atoms with E-state index >= 15 is 0 Å². The van der Waals surface area contributed by atoms with Gasteiger partial charge in [-0.2, -0.15) is 9.61 Å². The number of aromatic nitrogens is 6. The van der Waals surface area contributed by atoms with Gasteiger partial charge in [-0.05, 0) is 50.6 Å². The van der Waals surface area contributed by atoms with Gasteiger partial charge in [0, 0.05) is 30.1 Å². The summed E-state index contributed by atoms with van der Waals surface area (Å²) in [5, 5.41) is 13.4. The standard InChI is InChI=1S/C28H31N7O3S/c1-6-24(27(36)29-22-16-19(37-4)11-12-23(22)38-5)39-28-30-21-10-8-7-9-20(21)26-31-25(33-35(26)28)13-14-34-18(3)15-17(2)32-34/h7-12,15-16,24H,6,13-14H2,1-5H3,(H,29,36)/t24-/m1/s1. The number of para-hydroxylation sites is 1. The number of aryl methyl sites for hydroxylation is 4. The highest BCUT2D eigenvalue weighted by atomic mass is 32.2. The molecule has 0 fully saturated rings. The highest BCUT2D eigenvalue weighted by Crippen LogP contribution is 2.32. The number of fused-ring (bicyclic) bond motifs is 3. The van der Waals surface area contributed by atoms with E-state index in [4.69, 9.17) is 24.5 Å². The van der Waals surface area contributed by atoms with E-state index in [-0.39, 0.29) is 5.91 Å². The van der Waals surface area contributed by atoms with Crippen LogP contribution in [0.3, 0.4) is 0 Å². The molecule has 202 valence electrons. The van der Waals surface area contributed by atoms with Crippen LogP contribution >= 0.6 is 11.8 Å². The Hall–Kier alpha value is -4.12. The van der Waals surface area contributed by atoms with Crippen LogP contribution in [0, 0.1) is 13.8 Å². The Bertz CT molecular complexity index is 1650. The van der Waals surface area contributed by atoms with Crippen LogP contribution in [0.2, 0.25) is 0 Å². The largest absolute Gasteiger partial charge is 0.497 e. The maximum Gasteiger partial charge on any atom is 0.238 e. The molecule has 0 unspecified atom stereocenters. The summed E-state index contributed by atoms with van der Waals surface area (Å²) >= 11 is 1.37. The second-order valence-corrected chi connectivity index (χ2v) is 10.3. The molecule has 0 spiro atoms. The fourth-order valence-electron chi connectivity index (χ4n) is 4.44. The zero-order valence-corrected chi connectivity index (χ0v) is 23.5. The van der Waals surface area contributed by atoms with E-state index < -0.39 is 5.25 Å². The molecule has 1 atom stereocenters. The molecule has 0 aliphatic heterocycles. The normalized spacial score (nSPS) is 12.1. The van der Waals surface area contributed by atoms with Crippen molar-refractivity contribution in [1.82, 2.24) is 29.4 Å². The van der Waals surface area contributed by atoms with Crippen molar-refractivity contribution in [2.45, 2.75) is 50.6 Å². The van der Waals surface area contributed by atoms with Crippen molar-refractivity contribution < 1.29 is 14.3 Å². The summed E-state index contributed by atoms with van der Waals surface area (Å²) in [7, 11) is 3.15. The van der Waals surface area contributed by atoms with Crippen LogP contribution in [-0.2, 0) is 17.8 Å². The third kappa shape index (κ3) is 5.53. The molecule has 11 heteroatoms. The summed E-state index contributed by atoms with van der Waals surface area (Å²) in [6.45, 7) is 6.67. The minimum absolute atomic E-state index is 0.165. The van der Waals surface area contributed by atoms with Gasteiger partial charge in [0.15, 0.2) is 16.6 Å². The molecule has 0 radical (unpaired) electrons. The fraction of sp³-hybridized carbons (Fsp3) is 0.321. The molecule has 0 aliphatic carbocycles. The Morgan fingerprint density at radius 2 is 1.87 bits per heavy atom. The van der Waals surface area contributed by atoms with Crippen LogP contribution in [-0.4, -0.2) is 54.7 Å². The van der Waals surface area contributed by atoms with Crippen molar-refractivity contribution in [3.8, 4) is 11.5 Å². The Kier molecular flexibility index (Phi) is 7.69. The van der Waals surface area contributed by atoms with Crippen molar-refractivity contribution in [3.05, 3.63) is 65.7 Å². The van der Waals surface area contributed by atoms with E-state index in [0.717, 1.165) is 27.9 Å². The summed E-state index contributed by atoms with van der Waals surface area (Å²) in [6.07, 6.45) is 1.20. The second kappa shape index (κ2) is 11.3. The van der Waals surface area contributed by atoms with Gasteiger partial charge in [-0.15, -0.1) is 5.10 Å². The number of nitrogens with one attached hydrogen (secondary N) is 1. The number of ether oxygens (including phenoxy) is 2. The van der Waals surface area contributed by atoms with Crippen LogP contribution in [0.5, 0.6) is 11.5 Å². The minimum atomic E-state index is -0.430. The number of anilines is 1. The first-order valence-electron chi connectivity index (χ1n) is 12.7. The first-order valence-corrected chi connectivity index (χ1v) is 13.6. The predicted molar refractivity (Wildman–Crippen MR) is 152 cm³/mol. The predicted octanol–water partition coefficient (Wildman–Crippen LogP) is 4.86. The summed E-state index contributed by atoms with van der Waals surface area (Å²) in [5.74, 6) is 1.71. The molecule has 0 bridgehead atoms. The van der Waals surface area contributed by atoms with Crippen molar-refractivity contribution in [3.63, 3.8) is 0 Å². The molecule has 1 amide bonds. The van der Waals surface area contributed by atoms with Crippen LogP contribution in [0.1, 0.15) is 30.6 Å². The highest BCUT2D eigenvalue weighted by molar-refractivity contribution is 8.00. The maximum atomic E-state index is 13.4. The lowest BCUT2D eigenvalue weighted by atomic mass is 10.2. The lowest BCUT2D eigenvalue weighted by molar-refractivity contribution is -0.115. The SMILES string of the molecule is CC[C@@H](Sc1nc2ccccc2c2nc(CCn3nc(C)cc3C)nn12)C(=O)Nc1cc(OC)ccc1OC. The molecule has 5 aromatic rings. The molecule has 0 saturated carbocycles. The Balaban J connectivity index is 1.45. The van der Waals surface area contributed by atoms with Gasteiger partial charge in [-0.25, -0.2) is 9.97 Å². The minimum Gasteiger partial charge on any atom is -0.497 e. The zero-order valence-electron chi connectivity index (χ0n) is 22.6. The number of amides is 1. The highest BCUT2D eigenvalue weighted by Gasteiger charge is 2.24. The first-order chi connectivity index (χ1) is 18.9. The smallest absolute Gasteiger partial charge is 0.238 e. The summed E-state index contributed by atoms with van der Waals surface area (Å²) < 4.78 is 14.5. The maximum absolute atomic E-state index is 13.4. The average molecular weight is 546 g/mol. The summed E-state index contributed by atoms with van der Waals surface area (Å²) in [6, 6.07) is 15.2. The molecule has 39 heavy (non-hydrogen) atoms. The van der Waals surface area contributed by atoms with Crippen LogP contribution in [0.4, 0.5) is 5.69 Å². The molecule has 1 N–H and O–H groups in total. The number of nitrogens with zero attached hydrogens (tertiary/aromatic N) is 6. The zero-order chi connectivity index (χ0) is 27.5. The number of hydrogen-bond donors (Lipinski definition) is 1. The number of methoxy groups -OCH3 is 2. The molecule has 10 nitrogen and oxygen atoms in total. The molecule has 0 aliphatic rings. The third-order valence-corrected chi connectivity index (χ3v) is 7.73. The average Bonchev–Trinajstić information content (AvgIpc) is 3.52. The van der Waals surface area contributed by atoms with Crippen LogP contribution in [0.15, 0.2) is 53.7 Å². The van der Waals surface area contributed by atoms with E-state index in [1.165, 1.54) is 11.8 Å². The molecular weight excluding hydrogens is 514 g/mol. The molecular formula is C28H31N7O3S. The Morgan fingerprint density at radius 3 is 2.59 bits per heavy atom. The Morgan fingerprint density at radius 1 is 1.05 bits per heavy atom. The van der Waals surface area contributed by atoms with Gasteiger partial charge < -0.3 is 14.8 Å². The topological polar surface area (TPSA) is 108 Å². The number of thioether (sulfide) groups is 1. The first kappa shape index (κ1) is 26.5. The fourth-order valence-corrected chi connectivity index (χ4v) is 5.40. The number of benzene rings is 2. The quantitative estimate of drug-likeness (QED) is 0.196. The van der Waals surface area contributed by atoms with E-state index in [1.54, 1.807) is 36.9 Å². The number of carbonyl (C=O) groups is 1. The number of hydrogen-bond acceptors (Lipinski definition) is 8. The van der Waals surface area contributed by atoms with Crippen molar-refractivity contribution in [2.75, 3.05) is 19.5 Å². The van der Waals surface area contributed by atoms with Gasteiger partial charge in [0.2, 0.25) is 5.91 Å². The van der Waals surface area contributed by atoms with Gasteiger partial charge >= 0.3 is 0 Å². The van der Waals surface area contributed by atoms with E-state index in [9.17, 15) is 4.79 Å². The third-order valence-electron chi connectivity index (χ3n) is 6.42. The van der Waals surface area contributed by atoms with Crippen molar-refractivity contribution in [1.29, 1.82) is 0 Å². The van der Waals surface area contributed by atoms with Crippen molar-refractivity contribution >= 4 is 39.9 Å². The number of rotatable bonds is 10. The lowest BCUT2D eigenvalue weighted by Gasteiger charge is -2.17. The van der Waals surface area contributed by atoms with E-state index in [1.807, 2.05) is 49.7 Å². The van der Waals surface area contributed by atoms with Gasteiger partial charge in [0.05, 0.1) is 36.4 Å². The van der Waals surface area contributed by atoms with Gasteiger partial charge in [-0.3, -0.25) is 9.48 Å². The van der Waals surface area contributed by atoms with Crippen molar-refractivity contribution in [2.24, 2.45) is 0 Å². The van der Waals surface area contributed by atoms with Gasteiger partial charge in [0.1, 0.15) is 11.5 Å². The van der Waals surface area contributed by atoms with E-state index in [2.05, 4.69) is 16.5 Å². The summed E-state index contributed by atoms with van der Waals surface area (Å²) in [4.78, 5) is 23.1. The van der Waals surface area contributed by atoms with E-state index in [0.29, 0.717) is 47.6 Å². The summed E-state index contributed by atoms with van der Waals surface area (Å²) in [5.41, 5.74) is 4.15. The van der Waals surface area contributed by atoms with Gasteiger partial charge in [-0.1, -0.05) is 30.8 Å². The van der Waals surface area contributed by atoms with Crippen LogP contribution in [0.25, 0.3) is 16.6 Å². The van der Waals surface area contributed by atoms with Gasteiger partial charge in [0.25, 0.3) is 0 Å². The van der Waals surface area contributed by atoms with Crippen LogP contribution < -0.4 is 14.8 Å². The molecule has 3 aromatic heterocycles. The monoisotopic (exact) mass is 545 g/mol. The number of carbonyl (C=O) groups excluding carboxylic acids is 1. The molecule has 0 saturated heterocycles. The molecule has 3 heterocycles. The molecule has 2 aromatic carbocycles. The second-order valence-electron chi connectivity index (χ2n) is 9.15. The Labute approximate surface area is 230 Å².